The Balaban J connectivity index is 1.48. The number of anilines is 3. The van der Waals surface area contributed by atoms with Gasteiger partial charge in [-0.1, -0.05) is 103 Å². The van der Waals surface area contributed by atoms with Gasteiger partial charge in [0.15, 0.2) is 5.78 Å². The summed E-state index contributed by atoms with van der Waals surface area (Å²) in [5.74, 6) is 0.0608. The highest BCUT2D eigenvalue weighted by Gasteiger charge is 2.19. The van der Waals surface area contributed by atoms with Crippen LogP contribution in [0.1, 0.15) is 34.0 Å². The number of hydrogen-bond donors (Lipinski definition) is 0. The van der Waals surface area contributed by atoms with Gasteiger partial charge in [0.25, 0.3) is 0 Å². The molecule has 0 aliphatic heterocycles. The van der Waals surface area contributed by atoms with E-state index in [2.05, 4.69) is 115 Å². The lowest BCUT2D eigenvalue weighted by Crippen LogP contribution is -2.11. The van der Waals surface area contributed by atoms with Crippen LogP contribution in [0.15, 0.2) is 133 Å². The molecular weight excluding hydrogens is 486 g/mol. The second-order valence-corrected chi connectivity index (χ2v) is 10.4. The largest absolute Gasteiger partial charge is 0.309 e. The van der Waals surface area contributed by atoms with E-state index in [-0.39, 0.29) is 5.78 Å². The van der Waals surface area contributed by atoms with Crippen molar-refractivity contribution in [1.29, 1.82) is 0 Å². The number of ketones is 1. The number of fused-ring (bicyclic) bond motifs is 2. The van der Waals surface area contributed by atoms with Crippen molar-refractivity contribution < 1.29 is 4.79 Å². The molecule has 0 spiro atoms. The van der Waals surface area contributed by atoms with Crippen molar-refractivity contribution >= 4 is 50.5 Å². The van der Waals surface area contributed by atoms with Crippen LogP contribution in [-0.4, -0.2) is 5.78 Å². The molecule has 0 radical (unpaired) electrons. The average molecular weight is 518 g/mol. The lowest BCUT2D eigenvalue weighted by atomic mass is 9.98. The van der Waals surface area contributed by atoms with Gasteiger partial charge in [-0.25, -0.2) is 0 Å². The highest BCUT2D eigenvalue weighted by molar-refractivity contribution is 6.14. The van der Waals surface area contributed by atoms with Crippen molar-refractivity contribution in [2.45, 2.75) is 20.8 Å². The molecule has 6 rings (SSSR count). The van der Waals surface area contributed by atoms with Crippen molar-refractivity contribution in [3.05, 3.63) is 155 Å². The highest BCUT2D eigenvalue weighted by Crippen LogP contribution is 2.43. The molecule has 0 bridgehead atoms. The van der Waals surface area contributed by atoms with Gasteiger partial charge in [-0.05, 0) is 84.7 Å². The Bertz CT molecular complexity index is 1820. The van der Waals surface area contributed by atoms with Gasteiger partial charge in [0.05, 0.1) is 5.69 Å². The van der Waals surface area contributed by atoms with E-state index in [9.17, 15) is 4.79 Å². The SMILES string of the molecule is CC(=Cc1ccc(N(c2ccc(C)cc2)c2c3ccccc3cc3ccccc23)cc1)C(=O)c1ccccc1C. The van der Waals surface area contributed by atoms with E-state index in [1.54, 1.807) is 0 Å². The van der Waals surface area contributed by atoms with Crippen LogP contribution in [-0.2, 0) is 0 Å². The van der Waals surface area contributed by atoms with E-state index < -0.39 is 0 Å². The van der Waals surface area contributed by atoms with Crippen LogP contribution in [0.3, 0.4) is 0 Å². The fourth-order valence-corrected chi connectivity index (χ4v) is 5.41. The Morgan fingerprint density at radius 2 is 1.15 bits per heavy atom. The van der Waals surface area contributed by atoms with Crippen LogP contribution in [0.25, 0.3) is 27.6 Å². The summed E-state index contributed by atoms with van der Waals surface area (Å²) >= 11 is 0. The van der Waals surface area contributed by atoms with E-state index in [0.717, 1.165) is 39.3 Å². The third kappa shape index (κ3) is 4.81. The van der Waals surface area contributed by atoms with Gasteiger partial charge in [-0.3, -0.25) is 4.79 Å². The minimum atomic E-state index is 0.0608. The zero-order valence-corrected chi connectivity index (χ0v) is 23.1. The molecule has 6 aromatic rings. The summed E-state index contributed by atoms with van der Waals surface area (Å²) in [6, 6.07) is 44.4. The van der Waals surface area contributed by atoms with E-state index >= 15 is 0 Å². The molecule has 0 aliphatic rings. The van der Waals surface area contributed by atoms with Gasteiger partial charge in [-0.15, -0.1) is 0 Å². The second-order valence-electron chi connectivity index (χ2n) is 10.4. The van der Waals surface area contributed by atoms with Gasteiger partial charge >= 0.3 is 0 Å². The maximum Gasteiger partial charge on any atom is 0.189 e. The zero-order valence-electron chi connectivity index (χ0n) is 23.1. The van der Waals surface area contributed by atoms with Crippen molar-refractivity contribution in [1.82, 2.24) is 0 Å². The van der Waals surface area contributed by atoms with Crippen molar-refractivity contribution in [3.63, 3.8) is 0 Å². The third-order valence-corrected chi connectivity index (χ3v) is 7.54. The van der Waals surface area contributed by atoms with E-state index in [1.807, 2.05) is 44.2 Å². The Hall–Kier alpha value is -4.95. The molecule has 194 valence electrons. The Kier molecular flexibility index (Phi) is 6.76. The number of carbonyl (C=O) groups is 1. The normalized spacial score (nSPS) is 11.6. The van der Waals surface area contributed by atoms with Crippen molar-refractivity contribution in [2.75, 3.05) is 4.90 Å². The summed E-state index contributed by atoms with van der Waals surface area (Å²) in [5.41, 5.74) is 8.00. The summed E-state index contributed by atoms with van der Waals surface area (Å²) in [7, 11) is 0. The number of nitrogens with zero attached hydrogens (tertiary/aromatic N) is 1. The number of allylic oxidation sites excluding steroid dienone is 1. The minimum absolute atomic E-state index is 0.0608. The maximum atomic E-state index is 13.1. The molecule has 0 unspecified atom stereocenters. The first-order chi connectivity index (χ1) is 19.5. The fraction of sp³-hybridized carbons (Fsp3) is 0.0789. The molecule has 2 nitrogen and oxygen atoms in total. The van der Waals surface area contributed by atoms with Crippen molar-refractivity contribution in [3.8, 4) is 0 Å². The molecule has 0 aliphatic carbocycles. The molecule has 0 atom stereocenters. The molecule has 2 heteroatoms. The summed E-state index contributed by atoms with van der Waals surface area (Å²) in [6.07, 6.45) is 1.97. The number of Topliss-reactive ketones (excluding diaryl/α,β-unsaturated/α-hetero) is 1. The molecule has 0 N–H and O–H groups in total. The first kappa shape index (κ1) is 25.3. The first-order valence-electron chi connectivity index (χ1n) is 13.7. The van der Waals surface area contributed by atoms with Crippen LogP contribution in [0, 0.1) is 13.8 Å². The second kappa shape index (κ2) is 10.7. The number of carbonyl (C=O) groups excluding carboxylic acids is 1. The molecule has 0 heterocycles. The summed E-state index contributed by atoms with van der Waals surface area (Å²) < 4.78 is 0. The lowest BCUT2D eigenvalue weighted by molar-refractivity contribution is 0.103. The third-order valence-electron chi connectivity index (χ3n) is 7.54. The summed E-state index contributed by atoms with van der Waals surface area (Å²) in [4.78, 5) is 15.5. The van der Waals surface area contributed by atoms with Crippen LogP contribution in [0.4, 0.5) is 17.1 Å². The molecule has 6 aromatic carbocycles. The van der Waals surface area contributed by atoms with Crippen LogP contribution >= 0.6 is 0 Å². The molecule has 0 saturated heterocycles. The monoisotopic (exact) mass is 517 g/mol. The van der Waals surface area contributed by atoms with Gasteiger partial charge < -0.3 is 4.90 Å². The summed E-state index contributed by atoms with van der Waals surface area (Å²) in [6.45, 7) is 5.98. The quantitative estimate of drug-likeness (QED) is 0.124. The predicted octanol–water partition coefficient (Wildman–Crippen LogP) is 10.4. The number of hydrogen-bond acceptors (Lipinski definition) is 2. The predicted molar refractivity (Wildman–Crippen MR) is 170 cm³/mol. The number of rotatable bonds is 6. The van der Waals surface area contributed by atoms with Crippen molar-refractivity contribution in [2.24, 2.45) is 0 Å². The first-order valence-corrected chi connectivity index (χ1v) is 13.7. The van der Waals surface area contributed by atoms with Gasteiger partial charge in [0.2, 0.25) is 0 Å². The fourth-order valence-electron chi connectivity index (χ4n) is 5.41. The van der Waals surface area contributed by atoms with Crippen LogP contribution in [0.5, 0.6) is 0 Å². The molecular formula is C38H31NO. The van der Waals surface area contributed by atoms with E-state index in [4.69, 9.17) is 0 Å². The molecule has 0 saturated carbocycles. The Morgan fingerprint density at radius 1 is 0.625 bits per heavy atom. The Morgan fingerprint density at radius 3 is 1.75 bits per heavy atom. The minimum Gasteiger partial charge on any atom is -0.309 e. The van der Waals surface area contributed by atoms with Crippen LogP contribution in [0.2, 0.25) is 0 Å². The molecule has 0 amide bonds. The maximum absolute atomic E-state index is 13.1. The lowest BCUT2D eigenvalue weighted by Gasteiger charge is -2.28. The average Bonchev–Trinajstić information content (AvgIpc) is 2.98. The Labute approximate surface area is 235 Å². The molecule has 0 aromatic heterocycles. The number of benzene rings is 6. The topological polar surface area (TPSA) is 20.3 Å². The van der Waals surface area contributed by atoms with Gasteiger partial charge in [0.1, 0.15) is 0 Å². The van der Waals surface area contributed by atoms with Gasteiger partial charge in [-0.2, -0.15) is 0 Å². The smallest absolute Gasteiger partial charge is 0.189 e. The van der Waals surface area contributed by atoms with E-state index in [1.165, 1.54) is 27.1 Å². The summed E-state index contributed by atoms with van der Waals surface area (Å²) in [5, 5.41) is 4.81. The molecule has 0 fully saturated rings. The molecule has 40 heavy (non-hydrogen) atoms. The van der Waals surface area contributed by atoms with Crippen LogP contribution < -0.4 is 4.90 Å². The highest BCUT2D eigenvalue weighted by atomic mass is 16.1. The number of aryl methyl sites for hydroxylation is 2. The van der Waals surface area contributed by atoms with Gasteiger partial charge in [0, 0.05) is 27.7 Å². The zero-order chi connectivity index (χ0) is 27.6. The van der Waals surface area contributed by atoms with E-state index in [0.29, 0.717) is 0 Å². The standard InChI is InChI=1S/C38H31NO/c1-26-16-20-32(21-17-26)39(37-35-14-8-5-11-30(35)25-31-12-6-9-15-36(31)37)33-22-18-29(19-23-33)24-28(3)38(40)34-13-7-4-10-27(34)2/h4-25H,1-3H3.